The summed E-state index contributed by atoms with van der Waals surface area (Å²) in [5.41, 5.74) is 3.14. The Morgan fingerprint density at radius 2 is 2.10 bits per heavy atom. The number of fused-ring (bicyclic) bond motifs is 1. The fraction of sp³-hybridized carbons (Fsp3) is 0. The third kappa shape index (κ3) is 2.48. The van der Waals surface area contributed by atoms with Gasteiger partial charge in [0.1, 0.15) is 12.7 Å². The Kier molecular flexibility index (Phi) is 3.35. The Balaban J connectivity index is 1.84. The minimum atomic E-state index is -3.78. The molecule has 2 aliphatic rings. The molecule has 0 amide bonds. The van der Waals surface area contributed by atoms with E-state index in [2.05, 4.69) is 42.8 Å². The summed E-state index contributed by atoms with van der Waals surface area (Å²) in [7, 11) is -3.78. The number of hydrazine groups is 2. The molecule has 0 saturated carbocycles. The highest BCUT2D eigenvalue weighted by Gasteiger charge is 2.29. The number of anilines is 1. The average molecular weight is 404 g/mol. The lowest BCUT2D eigenvalue weighted by atomic mass is 10.3. The molecule has 0 aliphatic carbocycles. The molecule has 0 bridgehead atoms. The monoisotopic (exact) mass is 404 g/mol. The van der Waals surface area contributed by atoms with Crippen LogP contribution in [-0.4, -0.2) is 30.5 Å². The van der Waals surface area contributed by atoms with Crippen LogP contribution in [0.5, 0.6) is 0 Å². The molecule has 10 heteroatoms. The lowest BCUT2D eigenvalue weighted by molar-refractivity contribution is 0.285. The molecule has 1 aromatic carbocycles. The van der Waals surface area contributed by atoms with Crippen LogP contribution in [0, 0.1) is 3.57 Å². The maximum absolute atomic E-state index is 12.3. The van der Waals surface area contributed by atoms with E-state index in [0.717, 1.165) is 7.98 Å². The third-order valence-electron chi connectivity index (χ3n) is 2.50. The van der Waals surface area contributed by atoms with Crippen LogP contribution in [0.25, 0.3) is 0 Å². The molecule has 2 heterocycles. The average Bonchev–Trinajstić information content (AvgIpc) is 2.86. The zero-order valence-electron chi connectivity index (χ0n) is 9.93. The van der Waals surface area contributed by atoms with E-state index in [1.54, 1.807) is 12.1 Å². The molecule has 8 nitrogen and oxygen atoms in total. The van der Waals surface area contributed by atoms with Crippen LogP contribution in [0.1, 0.15) is 0 Å². The molecular weight excluding hydrogens is 395 g/mol. The van der Waals surface area contributed by atoms with Gasteiger partial charge >= 0.3 is 10.2 Å². The molecule has 2 aliphatic heterocycles. The SMILES string of the molecule is O=S(=O)(Nc1ccccc1I)N1C=C2N=CN=CN2N1. The third-order valence-corrected chi connectivity index (χ3v) is 4.62. The number of aliphatic imine (C=N–C) groups is 2. The lowest BCUT2D eigenvalue weighted by Crippen LogP contribution is -2.45. The van der Waals surface area contributed by atoms with E-state index >= 15 is 0 Å². The summed E-state index contributed by atoms with van der Waals surface area (Å²) < 4.78 is 28.8. The van der Waals surface area contributed by atoms with E-state index < -0.39 is 10.2 Å². The first kappa shape index (κ1) is 13.3. The molecule has 3 rings (SSSR count). The summed E-state index contributed by atoms with van der Waals surface area (Å²) in [5.74, 6) is 0.438. The lowest BCUT2D eigenvalue weighted by Gasteiger charge is -2.21. The standard InChI is InChI=1S/C10H9IN6O2S/c11-8-3-1-2-4-9(8)14-20(18,19)17-5-10-13-6-12-7-16(10)15-17/h1-7,14-15H. The van der Waals surface area contributed by atoms with Gasteiger partial charge in [-0.15, -0.1) is 5.53 Å². The smallest absolute Gasteiger partial charge is 0.264 e. The van der Waals surface area contributed by atoms with Crippen molar-refractivity contribution < 1.29 is 8.42 Å². The van der Waals surface area contributed by atoms with Crippen LogP contribution in [0.3, 0.4) is 0 Å². The Labute approximate surface area is 129 Å². The van der Waals surface area contributed by atoms with E-state index in [9.17, 15) is 8.42 Å². The van der Waals surface area contributed by atoms with Gasteiger partial charge in [-0.05, 0) is 34.7 Å². The Morgan fingerprint density at radius 1 is 1.30 bits per heavy atom. The molecular formula is C10H9IN6O2S. The summed E-state index contributed by atoms with van der Waals surface area (Å²) in [6.07, 6.45) is 4.13. The van der Waals surface area contributed by atoms with Gasteiger partial charge in [-0.1, -0.05) is 12.1 Å². The maximum atomic E-state index is 12.3. The van der Waals surface area contributed by atoms with Crippen LogP contribution in [0.15, 0.2) is 46.3 Å². The van der Waals surface area contributed by atoms with Crippen LogP contribution in [0.4, 0.5) is 5.69 Å². The molecule has 0 aromatic heterocycles. The van der Waals surface area contributed by atoms with Gasteiger partial charge in [0.05, 0.1) is 11.9 Å². The van der Waals surface area contributed by atoms with Gasteiger partial charge < -0.3 is 0 Å². The predicted octanol–water partition coefficient (Wildman–Crippen LogP) is 0.854. The van der Waals surface area contributed by atoms with E-state index in [1.807, 2.05) is 12.1 Å². The molecule has 0 fully saturated rings. The Bertz CT molecular complexity index is 729. The molecule has 0 spiro atoms. The van der Waals surface area contributed by atoms with Gasteiger partial charge in [-0.3, -0.25) is 4.72 Å². The van der Waals surface area contributed by atoms with Crippen molar-refractivity contribution >= 4 is 51.2 Å². The molecule has 0 unspecified atom stereocenters. The van der Waals surface area contributed by atoms with Crippen molar-refractivity contribution in [3.8, 4) is 0 Å². The number of nitrogens with zero attached hydrogens (tertiary/aromatic N) is 4. The number of hydrogen-bond donors (Lipinski definition) is 2. The minimum absolute atomic E-state index is 0.438. The molecule has 2 N–H and O–H groups in total. The topological polar surface area (TPSA) is 89.4 Å². The van der Waals surface area contributed by atoms with Crippen molar-refractivity contribution in [3.63, 3.8) is 0 Å². The molecule has 0 radical (unpaired) electrons. The first-order valence-electron chi connectivity index (χ1n) is 5.46. The van der Waals surface area contributed by atoms with E-state index in [4.69, 9.17) is 0 Å². The number of para-hydroxylation sites is 1. The number of hydrogen-bond acceptors (Lipinski definition) is 6. The van der Waals surface area contributed by atoms with Gasteiger partial charge in [0.2, 0.25) is 0 Å². The fourth-order valence-electron chi connectivity index (χ4n) is 1.58. The van der Waals surface area contributed by atoms with Crippen LogP contribution < -0.4 is 10.3 Å². The van der Waals surface area contributed by atoms with Gasteiger partial charge in [-0.25, -0.2) is 15.0 Å². The van der Waals surface area contributed by atoms with Crippen molar-refractivity contribution in [3.05, 3.63) is 39.9 Å². The van der Waals surface area contributed by atoms with E-state index in [1.165, 1.54) is 23.9 Å². The number of benzene rings is 1. The molecule has 104 valence electrons. The second-order valence-corrected chi connectivity index (χ2v) is 6.56. The largest absolute Gasteiger partial charge is 0.338 e. The van der Waals surface area contributed by atoms with Crippen molar-refractivity contribution in [2.45, 2.75) is 0 Å². The summed E-state index contributed by atoms with van der Waals surface area (Å²) in [5, 5.41) is 1.40. The van der Waals surface area contributed by atoms with Crippen LogP contribution in [0.2, 0.25) is 0 Å². The molecule has 20 heavy (non-hydrogen) atoms. The summed E-state index contributed by atoms with van der Waals surface area (Å²) >= 11 is 2.06. The summed E-state index contributed by atoms with van der Waals surface area (Å²) in [6.45, 7) is 0. The first-order chi connectivity index (χ1) is 9.56. The second-order valence-electron chi connectivity index (χ2n) is 3.85. The van der Waals surface area contributed by atoms with Crippen molar-refractivity contribution in [2.24, 2.45) is 9.98 Å². The number of nitrogens with one attached hydrogen (secondary N) is 2. The Morgan fingerprint density at radius 3 is 2.85 bits per heavy atom. The predicted molar refractivity (Wildman–Crippen MR) is 83.6 cm³/mol. The van der Waals surface area contributed by atoms with Crippen LogP contribution in [-0.2, 0) is 10.2 Å². The summed E-state index contributed by atoms with van der Waals surface area (Å²) in [6, 6.07) is 7.10. The van der Waals surface area contributed by atoms with Gasteiger partial charge in [-0.2, -0.15) is 12.8 Å². The molecule has 0 saturated heterocycles. The van der Waals surface area contributed by atoms with Crippen LogP contribution >= 0.6 is 22.6 Å². The summed E-state index contributed by atoms with van der Waals surface area (Å²) in [4.78, 5) is 7.74. The normalized spacial score (nSPS) is 17.1. The fourth-order valence-corrected chi connectivity index (χ4v) is 3.27. The van der Waals surface area contributed by atoms with Gasteiger partial charge in [0.25, 0.3) is 0 Å². The van der Waals surface area contributed by atoms with E-state index in [0.29, 0.717) is 11.5 Å². The highest BCUT2D eigenvalue weighted by molar-refractivity contribution is 14.1. The van der Waals surface area contributed by atoms with Gasteiger partial charge in [0.15, 0.2) is 5.82 Å². The maximum Gasteiger partial charge on any atom is 0.338 e. The van der Waals surface area contributed by atoms with Crippen molar-refractivity contribution in [1.29, 1.82) is 0 Å². The van der Waals surface area contributed by atoms with Crippen molar-refractivity contribution in [1.82, 2.24) is 15.0 Å². The zero-order chi connectivity index (χ0) is 14.2. The minimum Gasteiger partial charge on any atom is -0.264 e. The second kappa shape index (κ2) is 5.03. The van der Waals surface area contributed by atoms with Gasteiger partial charge in [0, 0.05) is 3.57 Å². The Hall–Kier alpha value is -1.66. The first-order valence-corrected chi connectivity index (χ1v) is 7.98. The number of rotatable bonds is 3. The van der Waals surface area contributed by atoms with Crippen molar-refractivity contribution in [2.75, 3.05) is 4.72 Å². The molecule has 0 atom stereocenters. The van der Waals surface area contributed by atoms with E-state index in [-0.39, 0.29) is 0 Å². The highest BCUT2D eigenvalue weighted by Crippen LogP contribution is 2.21. The highest BCUT2D eigenvalue weighted by atomic mass is 127. The molecule has 1 aromatic rings. The zero-order valence-corrected chi connectivity index (χ0v) is 12.9. The quantitative estimate of drug-likeness (QED) is 0.732. The number of halogens is 1.